The summed E-state index contributed by atoms with van der Waals surface area (Å²) >= 11 is 0. The predicted molar refractivity (Wildman–Crippen MR) is 235 cm³/mol. The number of hydrogen-bond donors (Lipinski definition) is 0. The number of nitriles is 1. The molecule has 270 valence electrons. The van der Waals surface area contributed by atoms with Crippen molar-refractivity contribution in [1.29, 1.82) is 5.26 Å². The summed E-state index contributed by atoms with van der Waals surface area (Å²) in [4.78, 5) is 15.1. The minimum absolute atomic E-state index is 0.541. The van der Waals surface area contributed by atoms with Gasteiger partial charge >= 0.3 is 0 Å². The topological polar surface area (TPSA) is 72.3 Å². The highest BCUT2D eigenvalue weighted by molar-refractivity contribution is 6.11. The summed E-state index contributed by atoms with van der Waals surface area (Å²) in [5, 5.41) is 15.9. The lowest BCUT2D eigenvalue weighted by molar-refractivity contribution is 1.07. The van der Waals surface area contributed by atoms with Crippen molar-refractivity contribution in [3.63, 3.8) is 0 Å². The van der Waals surface area contributed by atoms with Gasteiger partial charge in [0, 0.05) is 49.4 Å². The van der Waals surface area contributed by atoms with Gasteiger partial charge in [-0.2, -0.15) is 5.26 Å². The van der Waals surface area contributed by atoms with Crippen LogP contribution in [-0.4, -0.2) is 24.1 Å². The van der Waals surface area contributed by atoms with Crippen molar-refractivity contribution in [1.82, 2.24) is 24.1 Å². The smallest absolute Gasteiger partial charge is 0.164 e. The van der Waals surface area contributed by atoms with E-state index in [1.165, 1.54) is 0 Å². The Hall–Kier alpha value is -8.14. The summed E-state index contributed by atoms with van der Waals surface area (Å²) in [7, 11) is 0. The van der Waals surface area contributed by atoms with E-state index in [4.69, 9.17) is 15.0 Å². The van der Waals surface area contributed by atoms with E-state index >= 15 is 0 Å². The molecule has 11 aromatic rings. The number of aromatic nitrogens is 5. The first-order valence-corrected chi connectivity index (χ1v) is 19.3. The summed E-state index contributed by atoms with van der Waals surface area (Å²) in [5.74, 6) is 1.71. The number of para-hydroxylation sites is 4. The Labute approximate surface area is 334 Å². The van der Waals surface area contributed by atoms with E-state index in [0.717, 1.165) is 82.8 Å². The average Bonchev–Trinajstić information content (AvgIpc) is 3.82. The van der Waals surface area contributed by atoms with Gasteiger partial charge in [0.2, 0.25) is 0 Å². The van der Waals surface area contributed by atoms with E-state index in [1.54, 1.807) is 0 Å². The molecule has 3 heterocycles. The minimum atomic E-state index is 0.541. The van der Waals surface area contributed by atoms with Crippen LogP contribution in [0.15, 0.2) is 194 Å². The maximum atomic E-state index is 11.3. The molecule has 6 heteroatoms. The lowest BCUT2D eigenvalue weighted by atomic mass is 9.95. The molecule has 0 aliphatic carbocycles. The summed E-state index contributed by atoms with van der Waals surface area (Å²) in [6, 6.07) is 69.0. The molecule has 11 rings (SSSR count). The molecule has 8 aromatic carbocycles. The van der Waals surface area contributed by atoms with Gasteiger partial charge in [0.15, 0.2) is 17.5 Å². The van der Waals surface area contributed by atoms with E-state index in [9.17, 15) is 5.26 Å². The lowest BCUT2D eigenvalue weighted by Crippen LogP contribution is -2.04. The summed E-state index contributed by atoms with van der Waals surface area (Å²) in [5.41, 5.74) is 10.9. The highest BCUT2D eigenvalue weighted by Crippen LogP contribution is 2.41. The number of hydrogen-bond acceptors (Lipinski definition) is 4. The fourth-order valence-electron chi connectivity index (χ4n) is 8.46. The summed E-state index contributed by atoms with van der Waals surface area (Å²) in [6.45, 7) is 0. The first-order valence-electron chi connectivity index (χ1n) is 19.3. The first kappa shape index (κ1) is 33.2. The van der Waals surface area contributed by atoms with Crippen LogP contribution in [0.5, 0.6) is 0 Å². The van der Waals surface area contributed by atoms with Crippen molar-refractivity contribution in [3.05, 3.63) is 200 Å². The molecule has 0 amide bonds. The zero-order valence-electron chi connectivity index (χ0n) is 31.2. The largest absolute Gasteiger partial charge is 0.309 e. The van der Waals surface area contributed by atoms with Crippen molar-refractivity contribution in [2.24, 2.45) is 0 Å². The quantitative estimate of drug-likeness (QED) is 0.170. The molecule has 58 heavy (non-hydrogen) atoms. The van der Waals surface area contributed by atoms with E-state index in [-0.39, 0.29) is 0 Å². The Morgan fingerprint density at radius 1 is 0.345 bits per heavy atom. The Morgan fingerprint density at radius 2 is 0.759 bits per heavy atom. The van der Waals surface area contributed by atoms with E-state index in [0.29, 0.717) is 23.0 Å². The monoisotopic (exact) mass is 740 g/mol. The van der Waals surface area contributed by atoms with Crippen LogP contribution < -0.4 is 0 Å². The molecular weight excluding hydrogens is 709 g/mol. The van der Waals surface area contributed by atoms with Gasteiger partial charge in [0.1, 0.15) is 6.07 Å². The first-order chi connectivity index (χ1) is 28.7. The van der Waals surface area contributed by atoms with Crippen LogP contribution in [0.25, 0.3) is 100 Å². The molecule has 0 saturated heterocycles. The van der Waals surface area contributed by atoms with Gasteiger partial charge in [-0.05, 0) is 48.5 Å². The highest BCUT2D eigenvalue weighted by Gasteiger charge is 2.23. The van der Waals surface area contributed by atoms with E-state index < -0.39 is 0 Å². The minimum Gasteiger partial charge on any atom is -0.309 e. The van der Waals surface area contributed by atoms with Crippen molar-refractivity contribution >= 4 is 43.6 Å². The lowest BCUT2D eigenvalue weighted by Gasteiger charge is -2.19. The number of nitrogens with zero attached hydrogens (tertiary/aromatic N) is 6. The molecule has 0 atom stereocenters. The van der Waals surface area contributed by atoms with Crippen LogP contribution in [0.4, 0.5) is 0 Å². The SMILES string of the molecule is N#Cc1c(-c2cc(-c3nc(-c4ccccc4)nc(-c4ccccc4)n3)ccc2-n2c3ccccc3c3ccccc32)cccc1-n1c2ccccc2c2ccccc21. The van der Waals surface area contributed by atoms with Gasteiger partial charge in [0.25, 0.3) is 0 Å². The number of rotatable bonds is 6. The molecule has 3 aromatic heterocycles. The highest BCUT2D eigenvalue weighted by atomic mass is 15.0. The molecule has 0 bridgehead atoms. The molecule has 0 fully saturated rings. The molecule has 0 saturated carbocycles. The van der Waals surface area contributed by atoms with Crippen molar-refractivity contribution in [2.75, 3.05) is 0 Å². The van der Waals surface area contributed by atoms with E-state index in [1.807, 2.05) is 60.7 Å². The third-order valence-corrected chi connectivity index (χ3v) is 11.0. The summed E-state index contributed by atoms with van der Waals surface area (Å²) in [6.07, 6.45) is 0. The van der Waals surface area contributed by atoms with Crippen LogP contribution in [0.2, 0.25) is 0 Å². The zero-order valence-corrected chi connectivity index (χ0v) is 31.2. The predicted octanol–water partition coefficient (Wildman–Crippen LogP) is 12.6. The van der Waals surface area contributed by atoms with Crippen molar-refractivity contribution in [2.45, 2.75) is 0 Å². The normalized spacial score (nSPS) is 11.4. The number of benzene rings is 8. The van der Waals surface area contributed by atoms with Gasteiger partial charge in [0.05, 0.1) is 39.0 Å². The number of fused-ring (bicyclic) bond motifs is 6. The van der Waals surface area contributed by atoms with Crippen LogP contribution in [0, 0.1) is 11.3 Å². The Bertz CT molecular complexity index is 3240. The third-order valence-electron chi connectivity index (χ3n) is 11.0. The molecule has 0 spiro atoms. The molecule has 0 radical (unpaired) electrons. The Balaban J connectivity index is 1.22. The zero-order chi connectivity index (χ0) is 38.6. The van der Waals surface area contributed by atoms with Gasteiger partial charge in [-0.1, -0.05) is 146 Å². The fourth-order valence-corrected chi connectivity index (χ4v) is 8.46. The molecule has 0 N–H and O–H groups in total. The second-order valence-corrected chi connectivity index (χ2v) is 14.3. The fraction of sp³-hybridized carbons (Fsp3) is 0. The van der Waals surface area contributed by atoms with Gasteiger partial charge in [-0.3, -0.25) is 0 Å². The molecular formula is C52H32N6. The molecule has 0 aliphatic heterocycles. The molecule has 0 unspecified atom stereocenters. The second kappa shape index (κ2) is 13.6. The van der Waals surface area contributed by atoms with E-state index in [2.05, 4.69) is 149 Å². The average molecular weight is 741 g/mol. The van der Waals surface area contributed by atoms with Crippen LogP contribution >= 0.6 is 0 Å². The van der Waals surface area contributed by atoms with Crippen LogP contribution in [0.1, 0.15) is 5.56 Å². The van der Waals surface area contributed by atoms with Gasteiger partial charge in [-0.25, -0.2) is 15.0 Å². The maximum absolute atomic E-state index is 11.3. The van der Waals surface area contributed by atoms with Crippen LogP contribution in [0.3, 0.4) is 0 Å². The standard InChI is InChI=1S/C52H32N6/c53-33-43-37(24-15-29-48(43)57-44-25-11-7-20-38(44)39-21-8-12-26-45(39)57)42-32-36(30-31-49(42)58-46-27-13-9-22-40(46)41-23-10-14-28-47(41)58)52-55-50(34-16-3-1-4-17-34)54-51(56-52)35-18-5-2-6-19-35/h1-32H. The second-order valence-electron chi connectivity index (χ2n) is 14.3. The molecule has 0 aliphatic rings. The summed E-state index contributed by atoms with van der Waals surface area (Å²) < 4.78 is 4.54. The van der Waals surface area contributed by atoms with Crippen LogP contribution in [-0.2, 0) is 0 Å². The van der Waals surface area contributed by atoms with Crippen molar-refractivity contribution in [3.8, 4) is 62.7 Å². The Morgan fingerprint density at radius 3 is 1.22 bits per heavy atom. The Kier molecular flexibility index (Phi) is 7.76. The van der Waals surface area contributed by atoms with Gasteiger partial charge in [-0.15, -0.1) is 0 Å². The maximum Gasteiger partial charge on any atom is 0.164 e. The van der Waals surface area contributed by atoms with Gasteiger partial charge < -0.3 is 9.13 Å². The molecule has 6 nitrogen and oxygen atoms in total. The van der Waals surface area contributed by atoms with Crippen molar-refractivity contribution < 1.29 is 0 Å². The third kappa shape index (κ3) is 5.30.